The number of aryl methyl sites for hydroxylation is 1. The largest absolute Gasteiger partial charge is 0.334 e. The van der Waals surface area contributed by atoms with Crippen LogP contribution in [0.15, 0.2) is 77.6 Å². The Morgan fingerprint density at radius 1 is 0.714 bits per heavy atom. The summed E-state index contributed by atoms with van der Waals surface area (Å²) in [5, 5.41) is 4.11. The van der Waals surface area contributed by atoms with Gasteiger partial charge in [-0.25, -0.2) is 0 Å². The number of hydrogen-bond acceptors (Lipinski definition) is 4. The molecular formula is C24H23N3O. The second-order valence-corrected chi connectivity index (χ2v) is 6.89. The van der Waals surface area contributed by atoms with Crippen LogP contribution in [0.2, 0.25) is 0 Å². The Morgan fingerprint density at radius 2 is 1.36 bits per heavy atom. The molecule has 0 saturated carbocycles. The summed E-state index contributed by atoms with van der Waals surface area (Å²) >= 11 is 0. The molecule has 4 heteroatoms. The van der Waals surface area contributed by atoms with Crippen molar-refractivity contribution in [1.82, 2.24) is 15.1 Å². The fourth-order valence-electron chi connectivity index (χ4n) is 3.21. The van der Waals surface area contributed by atoms with Gasteiger partial charge in [-0.3, -0.25) is 4.98 Å². The molecule has 0 spiro atoms. The Bertz CT molecular complexity index is 1010. The lowest BCUT2D eigenvalue weighted by Crippen LogP contribution is -1.86. The lowest BCUT2D eigenvalue weighted by Gasteiger charge is -2.05. The molecule has 28 heavy (non-hydrogen) atoms. The van der Waals surface area contributed by atoms with Crippen molar-refractivity contribution in [2.45, 2.75) is 32.6 Å². The van der Waals surface area contributed by atoms with Gasteiger partial charge in [-0.1, -0.05) is 73.5 Å². The van der Waals surface area contributed by atoms with Crippen molar-refractivity contribution in [3.8, 4) is 34.0 Å². The number of pyridine rings is 1. The van der Waals surface area contributed by atoms with Gasteiger partial charge in [0.15, 0.2) is 0 Å². The van der Waals surface area contributed by atoms with E-state index in [1.807, 2.05) is 24.3 Å². The van der Waals surface area contributed by atoms with E-state index in [0.717, 1.165) is 17.5 Å². The first kappa shape index (κ1) is 18.1. The predicted octanol–water partition coefficient (Wildman–Crippen LogP) is 6.20. The lowest BCUT2D eigenvalue weighted by molar-refractivity contribution is 0.432. The first-order chi connectivity index (χ1) is 13.8. The molecule has 2 aromatic heterocycles. The number of hydrogen-bond donors (Lipinski definition) is 0. The Morgan fingerprint density at radius 3 is 2.04 bits per heavy atom. The third-order valence-corrected chi connectivity index (χ3v) is 4.85. The maximum Gasteiger partial charge on any atom is 0.258 e. The fourth-order valence-corrected chi connectivity index (χ4v) is 3.21. The molecule has 2 heterocycles. The average molecular weight is 369 g/mol. The summed E-state index contributed by atoms with van der Waals surface area (Å²) in [5.41, 5.74) is 5.61. The number of nitrogens with zero attached hydrogens (tertiary/aromatic N) is 3. The van der Waals surface area contributed by atoms with Crippen molar-refractivity contribution >= 4 is 0 Å². The van der Waals surface area contributed by atoms with Crippen LogP contribution in [0.4, 0.5) is 0 Å². The zero-order valence-corrected chi connectivity index (χ0v) is 16.0. The minimum Gasteiger partial charge on any atom is -0.334 e. The molecule has 0 amide bonds. The van der Waals surface area contributed by atoms with Crippen LogP contribution in [0.3, 0.4) is 0 Å². The van der Waals surface area contributed by atoms with Crippen LogP contribution in [-0.2, 0) is 6.42 Å². The van der Waals surface area contributed by atoms with Gasteiger partial charge in [0.25, 0.3) is 5.89 Å². The minimum absolute atomic E-state index is 0.500. The SMILES string of the molecule is CCCCCc1ccc(-c2ccc(-c3noc(-c4ccncc4)n3)cc2)cc1. The van der Waals surface area contributed by atoms with Crippen molar-refractivity contribution < 1.29 is 4.52 Å². The van der Waals surface area contributed by atoms with Crippen LogP contribution < -0.4 is 0 Å². The first-order valence-corrected chi connectivity index (χ1v) is 9.77. The molecule has 140 valence electrons. The van der Waals surface area contributed by atoms with Gasteiger partial charge in [0.05, 0.1) is 0 Å². The average Bonchev–Trinajstić information content (AvgIpc) is 3.26. The van der Waals surface area contributed by atoms with E-state index in [4.69, 9.17) is 4.52 Å². The van der Waals surface area contributed by atoms with E-state index in [0.29, 0.717) is 11.7 Å². The monoisotopic (exact) mass is 369 g/mol. The highest BCUT2D eigenvalue weighted by atomic mass is 16.5. The third kappa shape index (κ3) is 4.17. The summed E-state index contributed by atoms with van der Waals surface area (Å²) < 4.78 is 5.38. The van der Waals surface area contributed by atoms with Gasteiger partial charge >= 0.3 is 0 Å². The smallest absolute Gasteiger partial charge is 0.258 e. The van der Waals surface area contributed by atoms with E-state index in [-0.39, 0.29) is 0 Å². The molecule has 4 rings (SSSR count). The molecule has 0 aliphatic carbocycles. The third-order valence-electron chi connectivity index (χ3n) is 4.85. The van der Waals surface area contributed by atoms with Crippen LogP contribution in [0.25, 0.3) is 34.0 Å². The van der Waals surface area contributed by atoms with Gasteiger partial charge < -0.3 is 4.52 Å². The van der Waals surface area contributed by atoms with Gasteiger partial charge in [0.1, 0.15) is 0 Å². The highest BCUT2D eigenvalue weighted by Crippen LogP contribution is 2.26. The molecule has 4 aromatic rings. The van der Waals surface area contributed by atoms with Gasteiger partial charge in [0.2, 0.25) is 5.82 Å². The second-order valence-electron chi connectivity index (χ2n) is 6.89. The highest BCUT2D eigenvalue weighted by molar-refractivity contribution is 5.68. The van der Waals surface area contributed by atoms with Gasteiger partial charge in [-0.05, 0) is 41.7 Å². The van der Waals surface area contributed by atoms with Crippen LogP contribution in [0.1, 0.15) is 31.7 Å². The number of unbranched alkanes of at least 4 members (excludes halogenated alkanes) is 2. The molecule has 2 aromatic carbocycles. The Hall–Kier alpha value is -3.27. The van der Waals surface area contributed by atoms with E-state index in [9.17, 15) is 0 Å². The predicted molar refractivity (Wildman–Crippen MR) is 112 cm³/mol. The van der Waals surface area contributed by atoms with Gasteiger partial charge in [-0.15, -0.1) is 0 Å². The van der Waals surface area contributed by atoms with Crippen molar-refractivity contribution in [1.29, 1.82) is 0 Å². The highest BCUT2D eigenvalue weighted by Gasteiger charge is 2.10. The molecule has 0 bridgehead atoms. The Kier molecular flexibility index (Phi) is 5.57. The second kappa shape index (κ2) is 8.61. The molecule has 4 nitrogen and oxygen atoms in total. The van der Waals surface area contributed by atoms with Crippen LogP contribution in [0, 0.1) is 0 Å². The van der Waals surface area contributed by atoms with E-state index in [2.05, 4.69) is 58.4 Å². The van der Waals surface area contributed by atoms with Crippen molar-refractivity contribution in [2.75, 3.05) is 0 Å². The summed E-state index contributed by atoms with van der Waals surface area (Å²) in [4.78, 5) is 8.50. The molecular weight excluding hydrogens is 346 g/mol. The Balaban J connectivity index is 1.48. The van der Waals surface area contributed by atoms with Crippen LogP contribution >= 0.6 is 0 Å². The van der Waals surface area contributed by atoms with Crippen LogP contribution in [0.5, 0.6) is 0 Å². The molecule has 0 saturated heterocycles. The number of rotatable bonds is 7. The topological polar surface area (TPSA) is 51.8 Å². The molecule has 0 aliphatic heterocycles. The standard InChI is InChI=1S/C24H23N3O/c1-2-3-4-5-18-6-8-19(9-7-18)20-10-12-21(13-11-20)23-26-24(28-27-23)22-14-16-25-17-15-22/h6-17H,2-5H2,1H3. The van der Waals surface area contributed by atoms with E-state index in [1.165, 1.54) is 36.0 Å². The van der Waals surface area contributed by atoms with Crippen molar-refractivity contribution in [2.24, 2.45) is 0 Å². The van der Waals surface area contributed by atoms with E-state index in [1.54, 1.807) is 12.4 Å². The molecule has 0 fully saturated rings. The number of benzene rings is 2. The molecule has 0 aliphatic rings. The zero-order valence-electron chi connectivity index (χ0n) is 16.0. The molecule has 0 N–H and O–H groups in total. The Labute approximate surface area is 165 Å². The normalized spacial score (nSPS) is 10.9. The summed E-state index contributed by atoms with van der Waals surface area (Å²) in [6.45, 7) is 2.24. The van der Waals surface area contributed by atoms with Crippen molar-refractivity contribution in [3.05, 3.63) is 78.6 Å². The van der Waals surface area contributed by atoms with Gasteiger partial charge in [0, 0.05) is 23.5 Å². The minimum atomic E-state index is 0.500. The van der Waals surface area contributed by atoms with Gasteiger partial charge in [-0.2, -0.15) is 4.98 Å². The maximum atomic E-state index is 5.38. The quantitative estimate of drug-likeness (QED) is 0.364. The van der Waals surface area contributed by atoms with E-state index < -0.39 is 0 Å². The number of aromatic nitrogens is 3. The zero-order chi connectivity index (χ0) is 19.2. The summed E-state index contributed by atoms with van der Waals surface area (Å²) in [5.74, 6) is 1.09. The lowest BCUT2D eigenvalue weighted by atomic mass is 10.0. The van der Waals surface area contributed by atoms with Crippen molar-refractivity contribution in [3.63, 3.8) is 0 Å². The molecule has 0 radical (unpaired) electrons. The fraction of sp³-hybridized carbons (Fsp3) is 0.208. The summed E-state index contributed by atoms with van der Waals surface area (Å²) in [6.07, 6.45) is 8.39. The van der Waals surface area contributed by atoms with E-state index >= 15 is 0 Å². The summed E-state index contributed by atoms with van der Waals surface area (Å²) in [7, 11) is 0. The van der Waals surface area contributed by atoms with Crippen LogP contribution in [-0.4, -0.2) is 15.1 Å². The first-order valence-electron chi connectivity index (χ1n) is 9.77. The maximum absolute atomic E-state index is 5.38. The molecule has 0 atom stereocenters. The molecule has 0 unspecified atom stereocenters. The summed E-state index contributed by atoms with van der Waals surface area (Å²) in [6, 6.07) is 20.8.